The predicted molar refractivity (Wildman–Crippen MR) is 80.7 cm³/mol. The minimum atomic E-state index is 0.0410. The van der Waals surface area contributed by atoms with E-state index >= 15 is 0 Å². The molecule has 0 heterocycles. The normalized spacial score (nSPS) is 21.7. The van der Waals surface area contributed by atoms with Gasteiger partial charge in [0.15, 0.2) is 0 Å². The van der Waals surface area contributed by atoms with Crippen LogP contribution in [-0.2, 0) is 4.79 Å². The number of amides is 1. The Hall–Kier alpha value is -1.55. The van der Waals surface area contributed by atoms with Crippen LogP contribution >= 0.6 is 0 Å². The van der Waals surface area contributed by atoms with Crippen molar-refractivity contribution < 1.29 is 9.53 Å². The summed E-state index contributed by atoms with van der Waals surface area (Å²) in [4.78, 5) is 12.4. The number of nitrogens with one attached hydrogen (secondary N) is 1. The van der Waals surface area contributed by atoms with E-state index in [1.54, 1.807) is 0 Å². The smallest absolute Gasteiger partial charge is 0.227 e. The molecule has 2 atom stereocenters. The van der Waals surface area contributed by atoms with Crippen molar-refractivity contribution in [1.82, 2.24) is 0 Å². The summed E-state index contributed by atoms with van der Waals surface area (Å²) in [5, 5.41) is 3.01. The molecule has 4 heteroatoms. The van der Waals surface area contributed by atoms with Gasteiger partial charge in [-0.25, -0.2) is 0 Å². The minimum Gasteiger partial charge on any atom is -0.491 e. The first-order valence-electron chi connectivity index (χ1n) is 7.49. The van der Waals surface area contributed by atoms with E-state index in [-0.39, 0.29) is 11.8 Å². The summed E-state index contributed by atoms with van der Waals surface area (Å²) in [6.45, 7) is 3.30. The Morgan fingerprint density at radius 2 is 2.20 bits per heavy atom. The monoisotopic (exact) mass is 276 g/mol. The van der Waals surface area contributed by atoms with Crippen LogP contribution in [0.15, 0.2) is 24.3 Å². The molecule has 1 fully saturated rings. The Kier molecular flexibility index (Phi) is 5.41. The molecular weight excluding hydrogens is 252 g/mol. The Balaban J connectivity index is 2.03. The molecule has 20 heavy (non-hydrogen) atoms. The molecule has 1 aliphatic carbocycles. The van der Waals surface area contributed by atoms with Crippen LogP contribution in [0.4, 0.5) is 5.69 Å². The SMILES string of the molecule is CCCOc1ccccc1NC(=O)[C@@H]1CCC[C@@H]1CN. The Morgan fingerprint density at radius 3 is 2.95 bits per heavy atom. The zero-order valence-corrected chi connectivity index (χ0v) is 12.1. The zero-order chi connectivity index (χ0) is 14.4. The van der Waals surface area contributed by atoms with Crippen molar-refractivity contribution in [3.63, 3.8) is 0 Å². The van der Waals surface area contributed by atoms with Crippen molar-refractivity contribution in [1.29, 1.82) is 0 Å². The van der Waals surface area contributed by atoms with Gasteiger partial charge in [-0.15, -0.1) is 0 Å². The van der Waals surface area contributed by atoms with E-state index in [0.717, 1.165) is 37.1 Å². The van der Waals surface area contributed by atoms with Crippen molar-refractivity contribution in [3.05, 3.63) is 24.3 Å². The molecule has 0 unspecified atom stereocenters. The van der Waals surface area contributed by atoms with Gasteiger partial charge in [-0.2, -0.15) is 0 Å². The zero-order valence-electron chi connectivity index (χ0n) is 12.1. The van der Waals surface area contributed by atoms with E-state index in [9.17, 15) is 4.79 Å². The Bertz CT molecular complexity index is 448. The van der Waals surface area contributed by atoms with Crippen molar-refractivity contribution in [2.45, 2.75) is 32.6 Å². The lowest BCUT2D eigenvalue weighted by molar-refractivity contribution is -0.120. The lowest BCUT2D eigenvalue weighted by Crippen LogP contribution is -2.29. The summed E-state index contributed by atoms with van der Waals surface area (Å²) in [5.41, 5.74) is 6.50. The summed E-state index contributed by atoms with van der Waals surface area (Å²) in [5.74, 6) is 1.17. The van der Waals surface area contributed by atoms with E-state index in [0.29, 0.717) is 19.1 Å². The first kappa shape index (κ1) is 14.9. The lowest BCUT2D eigenvalue weighted by atomic mass is 9.95. The molecule has 0 bridgehead atoms. The van der Waals surface area contributed by atoms with E-state index < -0.39 is 0 Å². The maximum absolute atomic E-state index is 12.4. The maximum Gasteiger partial charge on any atom is 0.227 e. The second-order valence-electron chi connectivity index (χ2n) is 5.37. The molecule has 1 aromatic rings. The number of benzene rings is 1. The van der Waals surface area contributed by atoms with E-state index in [2.05, 4.69) is 12.2 Å². The third kappa shape index (κ3) is 3.51. The third-order valence-electron chi connectivity index (χ3n) is 3.91. The third-order valence-corrected chi connectivity index (χ3v) is 3.91. The average Bonchev–Trinajstić information content (AvgIpc) is 2.95. The van der Waals surface area contributed by atoms with Crippen LogP contribution in [0.3, 0.4) is 0 Å². The van der Waals surface area contributed by atoms with Crippen LogP contribution in [0.25, 0.3) is 0 Å². The average molecular weight is 276 g/mol. The van der Waals surface area contributed by atoms with E-state index in [1.165, 1.54) is 0 Å². The number of hydrogen-bond acceptors (Lipinski definition) is 3. The molecule has 1 amide bonds. The number of nitrogens with two attached hydrogens (primary N) is 1. The second kappa shape index (κ2) is 7.29. The largest absolute Gasteiger partial charge is 0.491 e. The highest BCUT2D eigenvalue weighted by Gasteiger charge is 2.32. The fourth-order valence-corrected chi connectivity index (χ4v) is 2.80. The number of anilines is 1. The van der Waals surface area contributed by atoms with Crippen molar-refractivity contribution in [3.8, 4) is 5.75 Å². The highest BCUT2D eigenvalue weighted by atomic mass is 16.5. The van der Waals surface area contributed by atoms with Crippen LogP contribution in [0.2, 0.25) is 0 Å². The summed E-state index contributed by atoms with van der Waals surface area (Å²) in [6, 6.07) is 7.60. The first-order valence-corrected chi connectivity index (χ1v) is 7.49. The molecule has 0 aliphatic heterocycles. The first-order chi connectivity index (χ1) is 9.76. The number of para-hydroxylation sites is 2. The number of carbonyl (C=O) groups excluding carboxylic acids is 1. The van der Waals surface area contributed by atoms with Gasteiger partial charge in [-0.3, -0.25) is 4.79 Å². The molecule has 0 radical (unpaired) electrons. The molecule has 3 N–H and O–H groups in total. The number of carbonyl (C=O) groups is 1. The Labute approximate surface area is 120 Å². The van der Waals surface area contributed by atoms with Gasteiger partial charge in [0.05, 0.1) is 12.3 Å². The van der Waals surface area contributed by atoms with Gasteiger partial charge in [0, 0.05) is 5.92 Å². The summed E-state index contributed by atoms with van der Waals surface area (Å²) < 4.78 is 5.66. The molecule has 0 aromatic heterocycles. The summed E-state index contributed by atoms with van der Waals surface area (Å²) >= 11 is 0. The van der Waals surface area contributed by atoms with Crippen LogP contribution < -0.4 is 15.8 Å². The quantitative estimate of drug-likeness (QED) is 0.839. The van der Waals surface area contributed by atoms with Crippen LogP contribution in [0, 0.1) is 11.8 Å². The van der Waals surface area contributed by atoms with Gasteiger partial charge in [0.2, 0.25) is 5.91 Å². The summed E-state index contributed by atoms with van der Waals surface area (Å²) in [6.07, 6.45) is 4.03. The van der Waals surface area contributed by atoms with Crippen molar-refractivity contribution >= 4 is 11.6 Å². The van der Waals surface area contributed by atoms with Crippen molar-refractivity contribution in [2.75, 3.05) is 18.5 Å². The molecule has 1 aromatic carbocycles. The van der Waals surface area contributed by atoms with Gasteiger partial charge in [-0.05, 0) is 43.9 Å². The van der Waals surface area contributed by atoms with Gasteiger partial charge < -0.3 is 15.8 Å². The van der Waals surface area contributed by atoms with Crippen LogP contribution in [0.1, 0.15) is 32.6 Å². The fraction of sp³-hybridized carbons (Fsp3) is 0.562. The van der Waals surface area contributed by atoms with Gasteiger partial charge >= 0.3 is 0 Å². The second-order valence-corrected chi connectivity index (χ2v) is 5.37. The van der Waals surface area contributed by atoms with Crippen LogP contribution in [0.5, 0.6) is 5.75 Å². The maximum atomic E-state index is 12.4. The van der Waals surface area contributed by atoms with Gasteiger partial charge in [0.1, 0.15) is 5.75 Å². The summed E-state index contributed by atoms with van der Waals surface area (Å²) in [7, 11) is 0. The standard InChI is InChI=1S/C16H24N2O2/c1-2-10-20-15-9-4-3-8-14(15)18-16(19)13-7-5-6-12(13)11-17/h3-4,8-9,12-13H,2,5-7,10-11,17H2,1H3,(H,18,19)/t12-,13-/m1/s1. The molecular formula is C16H24N2O2. The fourth-order valence-electron chi connectivity index (χ4n) is 2.80. The van der Waals surface area contributed by atoms with Crippen LogP contribution in [-0.4, -0.2) is 19.1 Å². The lowest BCUT2D eigenvalue weighted by Gasteiger charge is -2.18. The van der Waals surface area contributed by atoms with E-state index in [1.807, 2.05) is 24.3 Å². The number of rotatable bonds is 6. The van der Waals surface area contributed by atoms with Crippen molar-refractivity contribution in [2.24, 2.45) is 17.6 Å². The highest BCUT2D eigenvalue weighted by molar-refractivity contribution is 5.94. The topological polar surface area (TPSA) is 64.3 Å². The molecule has 1 aliphatic rings. The van der Waals surface area contributed by atoms with Gasteiger partial charge in [0.25, 0.3) is 0 Å². The van der Waals surface area contributed by atoms with E-state index in [4.69, 9.17) is 10.5 Å². The minimum absolute atomic E-state index is 0.0410. The molecule has 0 spiro atoms. The Morgan fingerprint density at radius 1 is 1.40 bits per heavy atom. The number of hydrogen-bond donors (Lipinski definition) is 2. The molecule has 0 saturated heterocycles. The number of ether oxygens (including phenoxy) is 1. The highest BCUT2D eigenvalue weighted by Crippen LogP contribution is 2.33. The molecule has 1 saturated carbocycles. The molecule has 110 valence electrons. The molecule has 4 nitrogen and oxygen atoms in total. The van der Waals surface area contributed by atoms with Gasteiger partial charge in [-0.1, -0.05) is 25.5 Å². The predicted octanol–water partition coefficient (Wildman–Crippen LogP) is 2.79. The molecule has 2 rings (SSSR count).